The minimum atomic E-state index is -0.212. The Morgan fingerprint density at radius 2 is 2.29 bits per heavy atom. The SMILES string of the molecule is C[C@@H](Oc1cc2c(cc1Cl)N(CCCO)CCO2)c1ccccn1. The van der Waals surface area contributed by atoms with Crippen molar-refractivity contribution < 1.29 is 14.6 Å². The maximum Gasteiger partial charge on any atom is 0.146 e. The van der Waals surface area contributed by atoms with Gasteiger partial charge in [0.15, 0.2) is 0 Å². The lowest BCUT2D eigenvalue weighted by molar-refractivity contribution is 0.220. The van der Waals surface area contributed by atoms with E-state index in [0.717, 1.165) is 30.2 Å². The van der Waals surface area contributed by atoms with Crippen LogP contribution in [0, 0.1) is 0 Å². The van der Waals surface area contributed by atoms with Crippen molar-refractivity contribution in [3.63, 3.8) is 0 Å². The molecule has 6 heteroatoms. The van der Waals surface area contributed by atoms with E-state index in [-0.39, 0.29) is 12.7 Å². The number of rotatable bonds is 6. The standard InChI is InChI=1S/C18H21ClN2O3/c1-13(15-5-2-3-6-20-15)24-17-12-18-16(11-14(17)19)21(7-4-9-22)8-10-23-18/h2-3,5-6,11-13,22H,4,7-10H2,1H3/t13-/m1/s1. The Kier molecular flexibility index (Phi) is 5.43. The fourth-order valence-electron chi connectivity index (χ4n) is 2.72. The molecule has 3 rings (SSSR count). The summed E-state index contributed by atoms with van der Waals surface area (Å²) in [6.07, 6.45) is 2.24. The second-order valence-electron chi connectivity index (χ2n) is 5.68. The zero-order valence-corrected chi connectivity index (χ0v) is 14.4. The Labute approximate surface area is 146 Å². The lowest BCUT2D eigenvalue weighted by atomic mass is 10.2. The van der Waals surface area contributed by atoms with Crippen molar-refractivity contribution in [2.24, 2.45) is 0 Å². The molecule has 0 amide bonds. The van der Waals surface area contributed by atoms with Gasteiger partial charge in [0, 0.05) is 25.4 Å². The van der Waals surface area contributed by atoms with Crippen molar-refractivity contribution >= 4 is 17.3 Å². The first-order valence-electron chi connectivity index (χ1n) is 8.09. The summed E-state index contributed by atoms with van der Waals surface area (Å²) >= 11 is 6.42. The van der Waals surface area contributed by atoms with Gasteiger partial charge >= 0.3 is 0 Å². The molecular weight excluding hydrogens is 328 g/mol. The quantitative estimate of drug-likeness (QED) is 0.866. The van der Waals surface area contributed by atoms with E-state index in [4.69, 9.17) is 26.2 Å². The second-order valence-corrected chi connectivity index (χ2v) is 6.08. The van der Waals surface area contributed by atoms with Gasteiger partial charge in [-0.3, -0.25) is 4.98 Å². The van der Waals surface area contributed by atoms with E-state index in [1.165, 1.54) is 0 Å². The normalized spacial score (nSPS) is 14.7. The van der Waals surface area contributed by atoms with E-state index in [1.54, 1.807) is 6.20 Å². The molecule has 0 unspecified atom stereocenters. The third-order valence-electron chi connectivity index (χ3n) is 3.97. The average molecular weight is 349 g/mol. The zero-order chi connectivity index (χ0) is 16.9. The maximum absolute atomic E-state index is 9.04. The van der Waals surface area contributed by atoms with Crippen LogP contribution >= 0.6 is 11.6 Å². The van der Waals surface area contributed by atoms with Crippen LogP contribution in [0.1, 0.15) is 25.1 Å². The molecule has 1 atom stereocenters. The fourth-order valence-corrected chi connectivity index (χ4v) is 2.93. The highest BCUT2D eigenvalue weighted by molar-refractivity contribution is 6.32. The summed E-state index contributed by atoms with van der Waals surface area (Å²) in [7, 11) is 0. The van der Waals surface area contributed by atoms with Crippen molar-refractivity contribution in [3.05, 3.63) is 47.2 Å². The van der Waals surface area contributed by atoms with Crippen LogP contribution in [-0.2, 0) is 0 Å². The van der Waals surface area contributed by atoms with Crippen molar-refractivity contribution in [2.75, 3.05) is 31.2 Å². The molecule has 0 radical (unpaired) electrons. The summed E-state index contributed by atoms with van der Waals surface area (Å²) in [6.45, 7) is 4.27. The van der Waals surface area contributed by atoms with Crippen LogP contribution in [0.4, 0.5) is 5.69 Å². The van der Waals surface area contributed by atoms with Crippen LogP contribution in [0.3, 0.4) is 0 Å². The summed E-state index contributed by atoms with van der Waals surface area (Å²) < 4.78 is 11.7. The molecule has 0 saturated carbocycles. The lowest BCUT2D eigenvalue weighted by Crippen LogP contribution is -2.33. The first-order chi connectivity index (χ1) is 11.7. The van der Waals surface area contributed by atoms with Gasteiger partial charge in [0.1, 0.15) is 24.2 Å². The molecule has 5 nitrogen and oxygen atoms in total. The zero-order valence-electron chi connectivity index (χ0n) is 13.6. The van der Waals surface area contributed by atoms with Crippen LogP contribution in [0.25, 0.3) is 0 Å². The molecule has 1 aromatic heterocycles. The highest BCUT2D eigenvalue weighted by atomic mass is 35.5. The van der Waals surface area contributed by atoms with Crippen LogP contribution in [0.15, 0.2) is 36.5 Å². The van der Waals surface area contributed by atoms with Crippen LogP contribution in [0.2, 0.25) is 5.02 Å². The Bertz CT molecular complexity index is 681. The molecule has 0 aliphatic carbocycles. The van der Waals surface area contributed by atoms with Crippen molar-refractivity contribution in [1.82, 2.24) is 4.98 Å². The van der Waals surface area contributed by atoms with Gasteiger partial charge < -0.3 is 19.5 Å². The summed E-state index contributed by atoms with van der Waals surface area (Å²) in [6, 6.07) is 9.43. The number of nitrogens with zero attached hydrogens (tertiary/aromatic N) is 2. The van der Waals surface area contributed by atoms with E-state index in [0.29, 0.717) is 23.8 Å². The van der Waals surface area contributed by atoms with E-state index >= 15 is 0 Å². The smallest absolute Gasteiger partial charge is 0.146 e. The number of ether oxygens (including phenoxy) is 2. The van der Waals surface area contributed by atoms with Crippen molar-refractivity contribution in [2.45, 2.75) is 19.4 Å². The Hall–Kier alpha value is -1.98. The molecule has 1 aliphatic rings. The van der Waals surface area contributed by atoms with Gasteiger partial charge in [-0.15, -0.1) is 0 Å². The van der Waals surface area contributed by atoms with Gasteiger partial charge in [-0.25, -0.2) is 0 Å². The Morgan fingerprint density at radius 1 is 1.42 bits per heavy atom. The molecule has 128 valence electrons. The minimum Gasteiger partial charge on any atom is -0.489 e. The van der Waals surface area contributed by atoms with Gasteiger partial charge in [-0.05, 0) is 31.5 Å². The Balaban J connectivity index is 1.81. The highest BCUT2D eigenvalue weighted by Gasteiger charge is 2.21. The second kappa shape index (κ2) is 7.73. The largest absolute Gasteiger partial charge is 0.489 e. The topological polar surface area (TPSA) is 54.8 Å². The molecular formula is C18H21ClN2O3. The first kappa shape index (κ1) is 16.9. The molecule has 0 bridgehead atoms. The van der Waals surface area contributed by atoms with Gasteiger partial charge in [-0.2, -0.15) is 0 Å². The number of hydrogen-bond donors (Lipinski definition) is 1. The molecule has 1 N–H and O–H groups in total. The molecule has 1 aromatic carbocycles. The molecule has 0 saturated heterocycles. The van der Waals surface area contributed by atoms with Gasteiger partial charge in [0.05, 0.1) is 22.9 Å². The minimum absolute atomic E-state index is 0.170. The highest BCUT2D eigenvalue weighted by Crippen LogP contribution is 2.41. The van der Waals surface area contributed by atoms with E-state index < -0.39 is 0 Å². The van der Waals surface area contributed by atoms with Crippen molar-refractivity contribution in [1.29, 1.82) is 0 Å². The number of aliphatic hydroxyl groups is 1. The third kappa shape index (κ3) is 3.74. The van der Waals surface area contributed by atoms with Crippen LogP contribution in [-0.4, -0.2) is 36.4 Å². The summed E-state index contributed by atoms with van der Waals surface area (Å²) in [4.78, 5) is 6.48. The van der Waals surface area contributed by atoms with Gasteiger partial charge in [0.2, 0.25) is 0 Å². The maximum atomic E-state index is 9.04. The number of anilines is 1. The monoisotopic (exact) mass is 348 g/mol. The van der Waals surface area contributed by atoms with E-state index in [2.05, 4.69) is 9.88 Å². The van der Waals surface area contributed by atoms with E-state index in [9.17, 15) is 0 Å². The van der Waals surface area contributed by atoms with Crippen LogP contribution in [0.5, 0.6) is 11.5 Å². The molecule has 2 aromatic rings. The number of benzene rings is 1. The molecule has 0 fully saturated rings. The predicted octanol–water partition coefficient (Wildman–Crippen LogP) is 3.46. The molecule has 0 spiro atoms. The number of aliphatic hydroxyl groups excluding tert-OH is 1. The van der Waals surface area contributed by atoms with E-state index in [1.807, 2.05) is 37.3 Å². The number of halogens is 1. The fraction of sp³-hybridized carbons (Fsp3) is 0.389. The lowest BCUT2D eigenvalue weighted by Gasteiger charge is -2.32. The first-order valence-corrected chi connectivity index (χ1v) is 8.46. The van der Waals surface area contributed by atoms with Gasteiger partial charge in [0.25, 0.3) is 0 Å². The molecule has 2 heterocycles. The summed E-state index contributed by atoms with van der Waals surface area (Å²) in [5, 5.41) is 9.58. The molecule has 1 aliphatic heterocycles. The summed E-state index contributed by atoms with van der Waals surface area (Å²) in [5.74, 6) is 1.34. The number of fused-ring (bicyclic) bond motifs is 1. The predicted molar refractivity (Wildman–Crippen MR) is 94.1 cm³/mol. The van der Waals surface area contributed by atoms with Crippen LogP contribution < -0.4 is 14.4 Å². The third-order valence-corrected chi connectivity index (χ3v) is 4.26. The van der Waals surface area contributed by atoms with Crippen molar-refractivity contribution in [3.8, 4) is 11.5 Å². The number of aromatic nitrogens is 1. The van der Waals surface area contributed by atoms with Gasteiger partial charge in [-0.1, -0.05) is 17.7 Å². The average Bonchev–Trinajstić information content (AvgIpc) is 2.61. The Morgan fingerprint density at radius 3 is 3.04 bits per heavy atom. The summed E-state index contributed by atoms with van der Waals surface area (Å²) in [5.41, 5.74) is 1.79. The number of pyridine rings is 1. The molecule has 24 heavy (non-hydrogen) atoms. The number of hydrogen-bond acceptors (Lipinski definition) is 5.